The number of rotatable bonds is 4. The van der Waals surface area contributed by atoms with Gasteiger partial charge in [0.1, 0.15) is 10.1 Å². The van der Waals surface area contributed by atoms with Gasteiger partial charge in [0.25, 0.3) is 5.91 Å². The van der Waals surface area contributed by atoms with Gasteiger partial charge in [-0.25, -0.2) is 0 Å². The highest BCUT2D eigenvalue weighted by atomic mass is 32.2. The molecule has 0 bridgehead atoms. The lowest BCUT2D eigenvalue weighted by atomic mass is 10.2. The van der Waals surface area contributed by atoms with E-state index in [1.807, 2.05) is 30.3 Å². The lowest BCUT2D eigenvalue weighted by Crippen LogP contribution is -2.27. The van der Waals surface area contributed by atoms with E-state index in [0.29, 0.717) is 15.8 Å². The minimum atomic E-state index is -0.0779. The Morgan fingerprint density at radius 2 is 1.93 bits per heavy atom. The van der Waals surface area contributed by atoms with Gasteiger partial charge in [-0.15, -0.1) is 0 Å². The van der Waals surface area contributed by atoms with Crippen LogP contribution in [0.5, 0.6) is 0 Å². The number of hydrogen-bond donors (Lipinski definition) is 0. The van der Waals surface area contributed by atoms with Crippen LogP contribution in [0.3, 0.4) is 0 Å². The number of thiocarbonyl (C=S) groups is 1. The third kappa shape index (κ3) is 3.38. The topological polar surface area (TPSA) is 38.4 Å². The molecule has 0 saturated carbocycles. The molecule has 1 aliphatic heterocycles. The largest absolute Gasteiger partial charge is 0.467 e. The first-order chi connectivity index (χ1) is 13.0. The van der Waals surface area contributed by atoms with Crippen molar-refractivity contribution in [3.05, 3.63) is 82.4 Å². The van der Waals surface area contributed by atoms with Crippen molar-refractivity contribution in [1.29, 1.82) is 0 Å². The van der Waals surface area contributed by atoms with Crippen molar-refractivity contribution >= 4 is 40.3 Å². The normalized spacial score (nSPS) is 15.9. The van der Waals surface area contributed by atoms with E-state index in [2.05, 4.69) is 36.6 Å². The molecule has 1 amide bonds. The molecule has 0 atom stereocenters. The molecule has 136 valence electrons. The number of aryl methyl sites for hydroxylation is 1. The average molecular weight is 395 g/mol. The molecule has 3 aromatic rings. The van der Waals surface area contributed by atoms with Crippen molar-refractivity contribution in [2.24, 2.45) is 0 Å². The number of para-hydroxylation sites is 1. The minimum Gasteiger partial charge on any atom is -0.467 e. The molecule has 2 aromatic heterocycles. The van der Waals surface area contributed by atoms with Crippen molar-refractivity contribution in [2.45, 2.75) is 20.4 Å². The summed E-state index contributed by atoms with van der Waals surface area (Å²) in [7, 11) is 0. The Bertz CT molecular complexity index is 1030. The molecule has 1 fully saturated rings. The highest BCUT2D eigenvalue weighted by Crippen LogP contribution is 2.35. The minimum absolute atomic E-state index is 0.0779. The lowest BCUT2D eigenvalue weighted by Gasteiger charge is -2.12. The van der Waals surface area contributed by atoms with Crippen LogP contribution in [0.1, 0.15) is 22.7 Å². The SMILES string of the molecule is Cc1cc(/C=C2\SC(=S)N(Cc3ccco3)C2=O)c(C)n1-c1ccccc1. The molecule has 4 rings (SSSR count). The summed E-state index contributed by atoms with van der Waals surface area (Å²) in [5.74, 6) is 0.640. The Kier molecular flexibility index (Phi) is 4.76. The second kappa shape index (κ2) is 7.21. The Hall–Kier alpha value is -2.57. The number of carbonyl (C=O) groups excluding carboxylic acids is 1. The van der Waals surface area contributed by atoms with Crippen molar-refractivity contribution in [3.8, 4) is 5.69 Å². The van der Waals surface area contributed by atoms with Crippen LogP contribution in [0.25, 0.3) is 11.8 Å². The van der Waals surface area contributed by atoms with Gasteiger partial charge >= 0.3 is 0 Å². The summed E-state index contributed by atoms with van der Waals surface area (Å²) in [6.07, 6.45) is 3.53. The zero-order valence-electron chi connectivity index (χ0n) is 15.0. The van der Waals surface area contributed by atoms with Gasteiger partial charge < -0.3 is 8.98 Å². The van der Waals surface area contributed by atoms with E-state index < -0.39 is 0 Å². The number of amides is 1. The lowest BCUT2D eigenvalue weighted by molar-refractivity contribution is -0.122. The monoisotopic (exact) mass is 394 g/mol. The van der Waals surface area contributed by atoms with Crippen molar-refractivity contribution in [1.82, 2.24) is 9.47 Å². The fraction of sp³-hybridized carbons (Fsp3) is 0.143. The van der Waals surface area contributed by atoms with E-state index in [-0.39, 0.29) is 5.91 Å². The van der Waals surface area contributed by atoms with E-state index in [1.165, 1.54) is 11.8 Å². The van der Waals surface area contributed by atoms with Crippen LogP contribution in [0.4, 0.5) is 0 Å². The molecular weight excluding hydrogens is 376 g/mol. The first kappa shape index (κ1) is 17.8. The van der Waals surface area contributed by atoms with Gasteiger partial charge in [-0.1, -0.05) is 42.2 Å². The highest BCUT2D eigenvalue weighted by Gasteiger charge is 2.32. The maximum Gasteiger partial charge on any atom is 0.266 e. The Labute approximate surface area is 167 Å². The molecule has 0 aliphatic carbocycles. The summed E-state index contributed by atoms with van der Waals surface area (Å²) in [4.78, 5) is 15.0. The molecule has 1 aliphatic rings. The summed E-state index contributed by atoms with van der Waals surface area (Å²) in [6.45, 7) is 4.49. The molecule has 3 heterocycles. The summed E-state index contributed by atoms with van der Waals surface area (Å²) in [5, 5.41) is 0. The fourth-order valence-corrected chi connectivity index (χ4v) is 4.49. The van der Waals surface area contributed by atoms with Crippen LogP contribution in [-0.2, 0) is 11.3 Å². The molecular formula is C21H18N2O2S2. The van der Waals surface area contributed by atoms with Gasteiger partial charge in [-0.05, 0) is 55.8 Å². The van der Waals surface area contributed by atoms with Crippen LogP contribution in [0.15, 0.2) is 64.1 Å². The van der Waals surface area contributed by atoms with Crippen LogP contribution in [-0.4, -0.2) is 19.7 Å². The smallest absolute Gasteiger partial charge is 0.266 e. The molecule has 1 aromatic carbocycles. The Morgan fingerprint density at radius 1 is 1.15 bits per heavy atom. The van der Waals surface area contributed by atoms with Crippen molar-refractivity contribution in [3.63, 3.8) is 0 Å². The number of benzene rings is 1. The maximum absolute atomic E-state index is 12.8. The molecule has 0 spiro atoms. The molecule has 0 N–H and O–H groups in total. The number of thioether (sulfide) groups is 1. The third-order valence-electron chi connectivity index (χ3n) is 4.54. The van der Waals surface area contributed by atoms with E-state index >= 15 is 0 Å². The van der Waals surface area contributed by atoms with Crippen LogP contribution >= 0.6 is 24.0 Å². The van der Waals surface area contributed by atoms with Crippen LogP contribution in [0.2, 0.25) is 0 Å². The van der Waals surface area contributed by atoms with Crippen LogP contribution < -0.4 is 0 Å². The second-order valence-corrected chi connectivity index (χ2v) is 8.02. The zero-order chi connectivity index (χ0) is 19.0. The molecule has 27 heavy (non-hydrogen) atoms. The number of aromatic nitrogens is 1. The molecule has 0 unspecified atom stereocenters. The maximum atomic E-state index is 12.8. The summed E-state index contributed by atoms with van der Waals surface area (Å²) in [5.41, 5.74) is 4.35. The van der Waals surface area contributed by atoms with E-state index in [9.17, 15) is 4.79 Å². The van der Waals surface area contributed by atoms with E-state index in [1.54, 1.807) is 17.2 Å². The third-order valence-corrected chi connectivity index (χ3v) is 5.92. The molecule has 0 radical (unpaired) electrons. The quantitative estimate of drug-likeness (QED) is 0.456. The highest BCUT2D eigenvalue weighted by molar-refractivity contribution is 8.26. The van der Waals surface area contributed by atoms with Gasteiger partial charge in [-0.3, -0.25) is 9.69 Å². The van der Waals surface area contributed by atoms with Gasteiger partial charge in [0, 0.05) is 17.1 Å². The summed E-state index contributed by atoms with van der Waals surface area (Å²) < 4.78 is 8.09. The van der Waals surface area contributed by atoms with Crippen molar-refractivity contribution in [2.75, 3.05) is 0 Å². The van der Waals surface area contributed by atoms with Crippen molar-refractivity contribution < 1.29 is 9.21 Å². The number of carbonyl (C=O) groups is 1. The Morgan fingerprint density at radius 3 is 2.63 bits per heavy atom. The van der Waals surface area contributed by atoms with Gasteiger partial charge in [-0.2, -0.15) is 0 Å². The summed E-state index contributed by atoms with van der Waals surface area (Å²) in [6, 6.07) is 15.9. The number of nitrogens with zero attached hydrogens (tertiary/aromatic N) is 2. The number of hydrogen-bond acceptors (Lipinski definition) is 4. The predicted molar refractivity (Wildman–Crippen MR) is 113 cm³/mol. The second-order valence-electron chi connectivity index (χ2n) is 6.34. The van der Waals surface area contributed by atoms with E-state index in [4.69, 9.17) is 16.6 Å². The zero-order valence-corrected chi connectivity index (χ0v) is 16.6. The number of furan rings is 1. The molecule has 6 heteroatoms. The standard InChI is InChI=1S/C21H18N2O2S2/c1-14-11-16(15(2)23(14)17-7-4-3-5-8-17)12-19-20(24)22(21(26)27-19)13-18-9-6-10-25-18/h3-12H,13H2,1-2H3/b19-12-. The molecule has 1 saturated heterocycles. The van der Waals surface area contributed by atoms with Crippen LogP contribution in [0, 0.1) is 13.8 Å². The fourth-order valence-electron chi connectivity index (χ4n) is 3.24. The molecule has 4 nitrogen and oxygen atoms in total. The summed E-state index contributed by atoms with van der Waals surface area (Å²) >= 11 is 6.74. The Balaban J connectivity index is 1.65. The van der Waals surface area contributed by atoms with E-state index in [0.717, 1.165) is 28.4 Å². The van der Waals surface area contributed by atoms with Gasteiger partial charge in [0.2, 0.25) is 0 Å². The first-order valence-corrected chi connectivity index (χ1v) is 9.79. The first-order valence-electron chi connectivity index (χ1n) is 8.56. The predicted octanol–water partition coefficient (Wildman–Crippen LogP) is 5.09. The van der Waals surface area contributed by atoms with Gasteiger partial charge in [0.05, 0.1) is 17.7 Å². The average Bonchev–Trinajstić information content (AvgIpc) is 3.33. The van der Waals surface area contributed by atoms with Gasteiger partial charge in [0.15, 0.2) is 0 Å².